The number of rotatable bonds is 4. The zero-order valence-electron chi connectivity index (χ0n) is 9.96. The number of alkyl halides is 3. The lowest BCUT2D eigenvalue weighted by Crippen LogP contribution is -2.10. The van der Waals surface area contributed by atoms with E-state index in [0.29, 0.717) is 12.8 Å². The standard InChI is InChI=1S/C13H17F3O/c1-9(7-10(2)17)8-11-3-5-12(6-4-11)13(14,15)16/h3-6,9-10,17H,7-8H2,1-2H3. The van der Waals surface area contributed by atoms with E-state index in [4.69, 9.17) is 0 Å². The molecular weight excluding hydrogens is 229 g/mol. The van der Waals surface area contributed by atoms with E-state index >= 15 is 0 Å². The lowest BCUT2D eigenvalue weighted by molar-refractivity contribution is -0.137. The predicted octanol–water partition coefficient (Wildman–Crippen LogP) is 3.65. The molecule has 0 radical (unpaired) electrons. The summed E-state index contributed by atoms with van der Waals surface area (Å²) in [7, 11) is 0. The Morgan fingerprint density at radius 2 is 1.65 bits per heavy atom. The lowest BCUT2D eigenvalue weighted by Gasteiger charge is -2.14. The highest BCUT2D eigenvalue weighted by Gasteiger charge is 2.29. The number of aliphatic hydroxyl groups excluding tert-OH is 1. The monoisotopic (exact) mass is 246 g/mol. The first-order valence-electron chi connectivity index (χ1n) is 5.63. The minimum Gasteiger partial charge on any atom is -0.393 e. The van der Waals surface area contributed by atoms with Crippen LogP contribution in [0.4, 0.5) is 13.2 Å². The van der Waals surface area contributed by atoms with E-state index in [-0.39, 0.29) is 12.0 Å². The Kier molecular flexibility index (Phi) is 4.57. The average molecular weight is 246 g/mol. The molecule has 0 spiro atoms. The molecule has 2 unspecified atom stereocenters. The van der Waals surface area contributed by atoms with Gasteiger partial charge in [-0.25, -0.2) is 0 Å². The highest BCUT2D eigenvalue weighted by Crippen LogP contribution is 2.29. The molecule has 0 aliphatic rings. The average Bonchev–Trinajstić information content (AvgIpc) is 2.15. The fourth-order valence-electron chi connectivity index (χ4n) is 1.90. The van der Waals surface area contributed by atoms with Gasteiger partial charge < -0.3 is 5.11 Å². The summed E-state index contributed by atoms with van der Waals surface area (Å²) in [5.74, 6) is 0.256. The molecule has 1 aromatic rings. The number of aliphatic hydroxyl groups is 1. The third-order valence-electron chi connectivity index (χ3n) is 2.61. The van der Waals surface area contributed by atoms with Crippen LogP contribution in [0.3, 0.4) is 0 Å². The van der Waals surface area contributed by atoms with E-state index in [0.717, 1.165) is 17.7 Å². The summed E-state index contributed by atoms with van der Waals surface area (Å²) in [5.41, 5.74) is 0.246. The van der Waals surface area contributed by atoms with Gasteiger partial charge in [-0.3, -0.25) is 0 Å². The van der Waals surface area contributed by atoms with E-state index in [9.17, 15) is 18.3 Å². The second-order valence-electron chi connectivity index (χ2n) is 4.59. The normalized spacial score (nSPS) is 15.6. The molecule has 1 aromatic carbocycles. The van der Waals surface area contributed by atoms with Crippen LogP contribution in [0.2, 0.25) is 0 Å². The van der Waals surface area contributed by atoms with Crippen molar-refractivity contribution in [1.82, 2.24) is 0 Å². The zero-order chi connectivity index (χ0) is 13.1. The molecule has 96 valence electrons. The molecule has 0 heterocycles. The minimum absolute atomic E-state index is 0.256. The minimum atomic E-state index is -4.27. The van der Waals surface area contributed by atoms with Gasteiger partial charge in [-0.05, 0) is 43.4 Å². The van der Waals surface area contributed by atoms with Crippen molar-refractivity contribution in [1.29, 1.82) is 0 Å². The van der Waals surface area contributed by atoms with E-state index < -0.39 is 11.7 Å². The Hall–Kier alpha value is -1.03. The van der Waals surface area contributed by atoms with Crippen LogP contribution in [-0.2, 0) is 12.6 Å². The summed E-state index contributed by atoms with van der Waals surface area (Å²) >= 11 is 0. The fourth-order valence-corrected chi connectivity index (χ4v) is 1.90. The van der Waals surface area contributed by atoms with Crippen LogP contribution in [0.15, 0.2) is 24.3 Å². The van der Waals surface area contributed by atoms with Crippen LogP contribution < -0.4 is 0 Å². The molecule has 0 aromatic heterocycles. The maximum atomic E-state index is 12.3. The summed E-state index contributed by atoms with van der Waals surface area (Å²) in [4.78, 5) is 0. The van der Waals surface area contributed by atoms with Gasteiger partial charge in [0.25, 0.3) is 0 Å². The van der Waals surface area contributed by atoms with Crippen molar-refractivity contribution >= 4 is 0 Å². The molecule has 2 atom stereocenters. The van der Waals surface area contributed by atoms with E-state index in [2.05, 4.69) is 0 Å². The molecule has 0 amide bonds. The van der Waals surface area contributed by atoms with Crippen LogP contribution in [0.5, 0.6) is 0 Å². The van der Waals surface area contributed by atoms with Crippen LogP contribution in [0, 0.1) is 5.92 Å². The number of hydrogen-bond acceptors (Lipinski definition) is 1. The largest absolute Gasteiger partial charge is 0.416 e. The molecule has 1 N–H and O–H groups in total. The highest BCUT2D eigenvalue weighted by atomic mass is 19.4. The first kappa shape index (κ1) is 14.0. The van der Waals surface area contributed by atoms with E-state index in [1.165, 1.54) is 12.1 Å². The third kappa shape index (κ3) is 4.77. The van der Waals surface area contributed by atoms with Gasteiger partial charge >= 0.3 is 6.18 Å². The molecule has 1 rings (SSSR count). The molecule has 4 heteroatoms. The van der Waals surface area contributed by atoms with Gasteiger partial charge in [-0.2, -0.15) is 13.2 Å². The summed E-state index contributed by atoms with van der Waals surface area (Å²) in [6, 6.07) is 5.21. The molecule has 0 fully saturated rings. The van der Waals surface area contributed by atoms with Gasteiger partial charge in [-0.1, -0.05) is 19.1 Å². The van der Waals surface area contributed by atoms with Crippen molar-refractivity contribution in [3.05, 3.63) is 35.4 Å². The summed E-state index contributed by atoms with van der Waals surface area (Å²) in [6.45, 7) is 3.69. The molecule has 0 aliphatic heterocycles. The van der Waals surface area contributed by atoms with Crippen LogP contribution in [0.1, 0.15) is 31.4 Å². The van der Waals surface area contributed by atoms with Crippen LogP contribution in [0.25, 0.3) is 0 Å². The second-order valence-corrected chi connectivity index (χ2v) is 4.59. The summed E-state index contributed by atoms with van der Waals surface area (Å²) in [5, 5.41) is 9.20. The van der Waals surface area contributed by atoms with Gasteiger partial charge in [0.2, 0.25) is 0 Å². The lowest BCUT2D eigenvalue weighted by atomic mass is 9.95. The summed E-state index contributed by atoms with van der Waals surface area (Å²) in [6.07, 6.45) is -3.31. The molecule has 0 bridgehead atoms. The molecule has 1 nitrogen and oxygen atoms in total. The van der Waals surface area contributed by atoms with Gasteiger partial charge in [0.1, 0.15) is 0 Å². The van der Waals surface area contributed by atoms with Gasteiger partial charge in [0, 0.05) is 0 Å². The second kappa shape index (κ2) is 5.54. The predicted molar refractivity (Wildman–Crippen MR) is 60.6 cm³/mol. The Bertz CT molecular complexity index is 341. The summed E-state index contributed by atoms with van der Waals surface area (Å²) < 4.78 is 37.0. The van der Waals surface area contributed by atoms with Crippen LogP contribution >= 0.6 is 0 Å². The number of benzene rings is 1. The zero-order valence-corrected chi connectivity index (χ0v) is 9.96. The first-order chi connectivity index (χ1) is 7.79. The topological polar surface area (TPSA) is 20.2 Å². The number of hydrogen-bond donors (Lipinski definition) is 1. The SMILES string of the molecule is CC(O)CC(C)Cc1ccc(C(F)(F)F)cc1. The van der Waals surface area contributed by atoms with Crippen LogP contribution in [-0.4, -0.2) is 11.2 Å². The number of halogens is 3. The van der Waals surface area contributed by atoms with Gasteiger partial charge in [0.15, 0.2) is 0 Å². The van der Waals surface area contributed by atoms with Gasteiger partial charge in [0.05, 0.1) is 11.7 Å². The van der Waals surface area contributed by atoms with Crippen molar-refractivity contribution in [2.45, 2.75) is 39.0 Å². The Labute approximate surface area is 99.3 Å². The van der Waals surface area contributed by atoms with Crippen molar-refractivity contribution < 1.29 is 18.3 Å². The van der Waals surface area contributed by atoms with Crippen molar-refractivity contribution in [2.75, 3.05) is 0 Å². The smallest absolute Gasteiger partial charge is 0.393 e. The molecule has 0 saturated carbocycles. The van der Waals surface area contributed by atoms with Crippen molar-refractivity contribution in [3.63, 3.8) is 0 Å². The van der Waals surface area contributed by atoms with Gasteiger partial charge in [-0.15, -0.1) is 0 Å². The molecular formula is C13H17F3O. The third-order valence-corrected chi connectivity index (χ3v) is 2.61. The van der Waals surface area contributed by atoms with E-state index in [1.807, 2.05) is 6.92 Å². The highest BCUT2D eigenvalue weighted by molar-refractivity contribution is 5.24. The fraction of sp³-hybridized carbons (Fsp3) is 0.538. The Morgan fingerprint density at radius 3 is 2.06 bits per heavy atom. The maximum absolute atomic E-state index is 12.3. The van der Waals surface area contributed by atoms with Crippen molar-refractivity contribution in [3.8, 4) is 0 Å². The molecule has 0 aliphatic carbocycles. The van der Waals surface area contributed by atoms with E-state index in [1.54, 1.807) is 6.92 Å². The molecule has 0 saturated heterocycles. The Balaban J connectivity index is 2.63. The van der Waals surface area contributed by atoms with Crippen molar-refractivity contribution in [2.24, 2.45) is 5.92 Å². The quantitative estimate of drug-likeness (QED) is 0.859. The first-order valence-corrected chi connectivity index (χ1v) is 5.63. The Morgan fingerprint density at radius 1 is 1.12 bits per heavy atom. The maximum Gasteiger partial charge on any atom is 0.416 e. The molecule has 17 heavy (non-hydrogen) atoms.